The zero-order chi connectivity index (χ0) is 22.2. The lowest BCUT2D eigenvalue weighted by molar-refractivity contribution is -0.923. The molecule has 182 valence electrons. The van der Waals surface area contributed by atoms with E-state index in [9.17, 15) is 0 Å². The van der Waals surface area contributed by atoms with Crippen LogP contribution < -0.4 is 0 Å². The molecule has 0 saturated carbocycles. The van der Waals surface area contributed by atoms with Gasteiger partial charge in [0, 0.05) is 0 Å². The molecule has 30 heavy (non-hydrogen) atoms. The number of nitrogens with zero attached hydrogens (tertiary/aromatic N) is 1. The van der Waals surface area contributed by atoms with E-state index in [4.69, 9.17) is 0 Å². The Labute approximate surface area is 193 Å². The summed E-state index contributed by atoms with van der Waals surface area (Å²) in [6.07, 6.45) is 30.9. The summed E-state index contributed by atoms with van der Waals surface area (Å²) in [5.74, 6) is 0. The maximum absolute atomic E-state index is 2.37. The highest BCUT2D eigenvalue weighted by atomic mass is 15.3. The van der Waals surface area contributed by atoms with Gasteiger partial charge in [-0.1, -0.05) is 129 Å². The molecular weight excluding hydrogens is 362 g/mol. The normalized spacial score (nSPS) is 12.0. The maximum atomic E-state index is 2.37. The van der Waals surface area contributed by atoms with Crippen LogP contribution in [-0.2, 0) is 0 Å². The highest BCUT2D eigenvalue weighted by molar-refractivity contribution is 4.51. The minimum Gasteiger partial charge on any atom is -0.324 e. The molecule has 0 bridgehead atoms. The predicted molar refractivity (Wildman–Crippen MR) is 139 cm³/mol. The Bertz CT molecular complexity index is 299. The number of quaternary nitrogens is 1. The Hall–Kier alpha value is -0.0400. The average Bonchev–Trinajstić information content (AvgIpc) is 2.78. The molecule has 0 spiro atoms. The molecule has 0 atom stereocenters. The summed E-state index contributed by atoms with van der Waals surface area (Å²) < 4.78 is 1.33. The van der Waals surface area contributed by atoms with Gasteiger partial charge in [0.2, 0.25) is 0 Å². The van der Waals surface area contributed by atoms with Crippen molar-refractivity contribution in [3.63, 3.8) is 0 Å². The van der Waals surface area contributed by atoms with Crippen LogP contribution in [0.1, 0.15) is 163 Å². The van der Waals surface area contributed by atoms with Crippen molar-refractivity contribution in [2.75, 3.05) is 26.2 Å². The molecule has 0 aliphatic rings. The van der Waals surface area contributed by atoms with Gasteiger partial charge < -0.3 is 4.48 Å². The zero-order valence-electron chi connectivity index (χ0n) is 22.1. The molecule has 0 heterocycles. The van der Waals surface area contributed by atoms with Crippen LogP contribution in [0.15, 0.2) is 0 Å². The van der Waals surface area contributed by atoms with Crippen LogP contribution in [0.5, 0.6) is 0 Å². The molecule has 0 aliphatic carbocycles. The van der Waals surface area contributed by atoms with Gasteiger partial charge >= 0.3 is 0 Å². The molecule has 1 nitrogen and oxygen atoms in total. The fourth-order valence-electron chi connectivity index (χ4n) is 5.02. The second-order valence-electron chi connectivity index (χ2n) is 10.1. The van der Waals surface area contributed by atoms with Gasteiger partial charge in [-0.15, -0.1) is 0 Å². The lowest BCUT2D eigenvalue weighted by Crippen LogP contribution is -2.48. The third kappa shape index (κ3) is 18.7. The summed E-state index contributed by atoms with van der Waals surface area (Å²) in [5.41, 5.74) is 0. The van der Waals surface area contributed by atoms with E-state index in [1.807, 2.05) is 0 Å². The SMILES string of the molecule is CCCCCCCCCCCCCCCCCCCCCCC[N+](CC)(CC)CC. The molecule has 0 saturated heterocycles. The second kappa shape index (κ2) is 23.6. The quantitative estimate of drug-likeness (QED) is 0.101. The van der Waals surface area contributed by atoms with E-state index >= 15 is 0 Å². The smallest absolute Gasteiger partial charge is 0.0786 e. The van der Waals surface area contributed by atoms with Crippen molar-refractivity contribution in [2.24, 2.45) is 0 Å². The van der Waals surface area contributed by atoms with E-state index in [0.717, 1.165) is 0 Å². The van der Waals surface area contributed by atoms with Crippen molar-refractivity contribution in [3.05, 3.63) is 0 Å². The van der Waals surface area contributed by atoms with E-state index in [2.05, 4.69) is 27.7 Å². The van der Waals surface area contributed by atoms with Gasteiger partial charge in [0.1, 0.15) is 0 Å². The average molecular weight is 425 g/mol. The largest absolute Gasteiger partial charge is 0.324 e. The van der Waals surface area contributed by atoms with E-state index in [0.29, 0.717) is 0 Å². The topological polar surface area (TPSA) is 0 Å². The number of hydrogen-bond acceptors (Lipinski definition) is 0. The van der Waals surface area contributed by atoms with Gasteiger partial charge in [-0.3, -0.25) is 0 Å². The molecule has 0 aromatic rings. The lowest BCUT2D eigenvalue weighted by Gasteiger charge is -2.35. The van der Waals surface area contributed by atoms with Gasteiger partial charge in [0.15, 0.2) is 0 Å². The van der Waals surface area contributed by atoms with E-state index in [1.54, 1.807) is 0 Å². The minimum atomic E-state index is 1.31. The third-order valence-corrected chi connectivity index (χ3v) is 7.75. The monoisotopic (exact) mass is 424 g/mol. The summed E-state index contributed by atoms with van der Waals surface area (Å²) in [5, 5.41) is 0. The fraction of sp³-hybridized carbons (Fsp3) is 1.00. The molecule has 0 amide bonds. The number of unbranched alkanes of at least 4 members (excludes halogenated alkanes) is 20. The van der Waals surface area contributed by atoms with Gasteiger partial charge in [-0.25, -0.2) is 0 Å². The van der Waals surface area contributed by atoms with Crippen molar-refractivity contribution in [1.29, 1.82) is 0 Å². The van der Waals surface area contributed by atoms with Crippen LogP contribution in [0.4, 0.5) is 0 Å². The first-order chi connectivity index (χ1) is 14.7. The Morgan fingerprint density at radius 1 is 0.300 bits per heavy atom. The molecule has 0 N–H and O–H groups in total. The summed E-state index contributed by atoms with van der Waals surface area (Å²) in [7, 11) is 0. The molecular formula is C29H62N+. The molecule has 0 fully saturated rings. The first-order valence-electron chi connectivity index (χ1n) is 14.6. The van der Waals surface area contributed by atoms with Crippen LogP contribution in [0.2, 0.25) is 0 Å². The maximum Gasteiger partial charge on any atom is 0.0786 e. The first kappa shape index (κ1) is 30.0. The molecule has 0 unspecified atom stereocenters. The molecule has 0 aromatic heterocycles. The first-order valence-corrected chi connectivity index (χ1v) is 14.6. The van der Waals surface area contributed by atoms with E-state index in [1.165, 1.54) is 165 Å². The van der Waals surface area contributed by atoms with Crippen molar-refractivity contribution in [3.8, 4) is 0 Å². The molecule has 0 aromatic carbocycles. The molecule has 0 aliphatic heterocycles. The van der Waals surface area contributed by atoms with Crippen LogP contribution >= 0.6 is 0 Å². The van der Waals surface area contributed by atoms with E-state index in [-0.39, 0.29) is 0 Å². The summed E-state index contributed by atoms with van der Waals surface area (Å²) >= 11 is 0. The molecule has 0 rings (SSSR count). The fourth-order valence-corrected chi connectivity index (χ4v) is 5.02. The van der Waals surface area contributed by atoms with Gasteiger partial charge in [0.05, 0.1) is 26.2 Å². The summed E-state index contributed by atoms with van der Waals surface area (Å²) in [6, 6.07) is 0. The lowest BCUT2D eigenvalue weighted by atomic mass is 10.0. The third-order valence-electron chi connectivity index (χ3n) is 7.75. The number of rotatable bonds is 25. The van der Waals surface area contributed by atoms with Gasteiger partial charge in [-0.2, -0.15) is 0 Å². The molecule has 1 heteroatoms. The summed E-state index contributed by atoms with van der Waals surface area (Å²) in [6.45, 7) is 14.7. The standard InChI is InChI=1S/C29H62N/c1-5-9-10-11-12-13-14-15-16-17-18-19-20-21-22-23-24-25-26-27-28-29-30(6-2,7-3)8-4/h5-29H2,1-4H3/q+1. The Kier molecular flexibility index (Phi) is 23.6. The van der Waals surface area contributed by atoms with Crippen molar-refractivity contribution >= 4 is 0 Å². The number of hydrogen-bond donors (Lipinski definition) is 0. The van der Waals surface area contributed by atoms with Crippen LogP contribution in [0, 0.1) is 0 Å². The predicted octanol–water partition coefficient (Wildman–Crippen LogP) is 10.1. The van der Waals surface area contributed by atoms with Crippen molar-refractivity contribution in [2.45, 2.75) is 163 Å². The zero-order valence-corrected chi connectivity index (χ0v) is 22.1. The van der Waals surface area contributed by atoms with Crippen molar-refractivity contribution in [1.82, 2.24) is 0 Å². The Morgan fingerprint density at radius 2 is 0.533 bits per heavy atom. The van der Waals surface area contributed by atoms with E-state index < -0.39 is 0 Å². The van der Waals surface area contributed by atoms with Gasteiger partial charge in [-0.05, 0) is 33.6 Å². The second-order valence-corrected chi connectivity index (χ2v) is 10.1. The van der Waals surface area contributed by atoms with Crippen LogP contribution in [-0.4, -0.2) is 30.7 Å². The van der Waals surface area contributed by atoms with Crippen molar-refractivity contribution < 1.29 is 4.48 Å². The highest BCUT2D eigenvalue weighted by Gasteiger charge is 2.19. The Morgan fingerprint density at radius 3 is 0.767 bits per heavy atom. The highest BCUT2D eigenvalue weighted by Crippen LogP contribution is 2.15. The molecule has 0 radical (unpaired) electrons. The van der Waals surface area contributed by atoms with Crippen LogP contribution in [0.25, 0.3) is 0 Å². The van der Waals surface area contributed by atoms with Gasteiger partial charge in [0.25, 0.3) is 0 Å². The Balaban J connectivity index is 3.16. The van der Waals surface area contributed by atoms with Crippen LogP contribution in [0.3, 0.4) is 0 Å². The summed E-state index contributed by atoms with van der Waals surface area (Å²) in [4.78, 5) is 0. The minimum absolute atomic E-state index is 1.31.